The lowest BCUT2D eigenvalue weighted by Crippen LogP contribution is -1.98. The van der Waals surface area contributed by atoms with Gasteiger partial charge in [0.1, 0.15) is 5.58 Å². The minimum absolute atomic E-state index is 0.312. The second-order valence-corrected chi connectivity index (χ2v) is 3.76. The van der Waals surface area contributed by atoms with Crippen molar-refractivity contribution in [3.63, 3.8) is 0 Å². The molecule has 2 heterocycles. The zero-order valence-corrected chi connectivity index (χ0v) is 8.73. The summed E-state index contributed by atoms with van der Waals surface area (Å²) in [4.78, 5) is 15.5. The summed E-state index contributed by atoms with van der Waals surface area (Å²) in [5.41, 5.74) is 2.13. The molecule has 0 aliphatic heterocycles. The van der Waals surface area contributed by atoms with Crippen LogP contribution >= 0.6 is 0 Å². The highest BCUT2D eigenvalue weighted by molar-refractivity contribution is 6.05. The van der Waals surface area contributed by atoms with E-state index in [0.717, 1.165) is 21.9 Å². The summed E-state index contributed by atoms with van der Waals surface area (Å²) in [6.45, 7) is 1.91. The van der Waals surface area contributed by atoms with Crippen LogP contribution in [0.25, 0.3) is 21.9 Å². The summed E-state index contributed by atoms with van der Waals surface area (Å²) in [5, 5.41) is 1.98. The second-order valence-electron chi connectivity index (χ2n) is 3.76. The molecule has 3 rings (SSSR count). The van der Waals surface area contributed by atoms with Crippen molar-refractivity contribution in [2.45, 2.75) is 6.92 Å². The van der Waals surface area contributed by atoms with E-state index in [4.69, 9.17) is 4.42 Å². The maximum absolute atomic E-state index is 11.3. The van der Waals surface area contributed by atoms with Crippen molar-refractivity contribution < 1.29 is 4.42 Å². The lowest BCUT2D eigenvalue weighted by atomic mass is 10.1. The smallest absolute Gasteiger partial charge is 0.336 e. The Bertz CT molecular complexity index is 744. The van der Waals surface area contributed by atoms with E-state index < -0.39 is 0 Å². The summed E-state index contributed by atoms with van der Waals surface area (Å²) in [5.74, 6) is 0. The highest BCUT2D eigenvalue weighted by Crippen LogP contribution is 2.25. The van der Waals surface area contributed by atoms with Crippen LogP contribution in [0.1, 0.15) is 5.56 Å². The monoisotopic (exact) mass is 211 g/mol. The van der Waals surface area contributed by atoms with E-state index in [0.29, 0.717) is 5.58 Å². The molecule has 0 saturated carbocycles. The van der Waals surface area contributed by atoms with Gasteiger partial charge in [-0.05, 0) is 30.7 Å². The molecule has 0 N–H and O–H groups in total. The summed E-state index contributed by atoms with van der Waals surface area (Å²) in [6.07, 6.45) is 1.75. The van der Waals surface area contributed by atoms with Crippen molar-refractivity contribution in [3.8, 4) is 0 Å². The molecule has 0 aliphatic carbocycles. The van der Waals surface area contributed by atoms with Gasteiger partial charge in [-0.15, -0.1) is 0 Å². The van der Waals surface area contributed by atoms with Gasteiger partial charge in [0.2, 0.25) is 0 Å². The van der Waals surface area contributed by atoms with Crippen LogP contribution in [0, 0.1) is 6.92 Å². The van der Waals surface area contributed by atoms with E-state index in [1.54, 1.807) is 12.3 Å². The third kappa shape index (κ3) is 1.21. The van der Waals surface area contributed by atoms with Crippen LogP contribution in [0.5, 0.6) is 0 Å². The fourth-order valence-corrected chi connectivity index (χ4v) is 2.01. The molecule has 1 aromatic carbocycles. The summed E-state index contributed by atoms with van der Waals surface area (Å²) >= 11 is 0. The van der Waals surface area contributed by atoms with Crippen LogP contribution < -0.4 is 5.63 Å². The fraction of sp³-hybridized carbons (Fsp3) is 0.0769. The number of hydrogen-bond donors (Lipinski definition) is 0. The normalized spacial score (nSPS) is 11.1. The number of nitrogens with zero attached hydrogens (tertiary/aromatic N) is 1. The Balaban J connectivity index is 2.65. The van der Waals surface area contributed by atoms with Gasteiger partial charge in [0.25, 0.3) is 0 Å². The van der Waals surface area contributed by atoms with E-state index in [2.05, 4.69) is 4.98 Å². The lowest BCUT2D eigenvalue weighted by molar-refractivity contribution is 0.560. The highest BCUT2D eigenvalue weighted by atomic mass is 16.4. The van der Waals surface area contributed by atoms with Crippen molar-refractivity contribution in [3.05, 3.63) is 52.5 Å². The largest absolute Gasteiger partial charge is 0.423 e. The van der Waals surface area contributed by atoms with Crippen LogP contribution in [0.3, 0.4) is 0 Å². The van der Waals surface area contributed by atoms with Crippen LogP contribution in [0.15, 0.2) is 45.7 Å². The molecule has 0 radical (unpaired) electrons. The number of rotatable bonds is 0. The van der Waals surface area contributed by atoms with Crippen LogP contribution in [-0.4, -0.2) is 4.98 Å². The minimum atomic E-state index is -0.312. The number of fused-ring (bicyclic) bond motifs is 3. The molecule has 0 unspecified atom stereocenters. The molecular weight excluding hydrogens is 202 g/mol. The minimum Gasteiger partial charge on any atom is -0.423 e. The van der Waals surface area contributed by atoms with E-state index in [-0.39, 0.29) is 5.63 Å². The van der Waals surface area contributed by atoms with Crippen molar-refractivity contribution >= 4 is 21.9 Å². The van der Waals surface area contributed by atoms with Crippen LogP contribution in [0.4, 0.5) is 0 Å². The van der Waals surface area contributed by atoms with E-state index in [9.17, 15) is 4.79 Å². The van der Waals surface area contributed by atoms with Gasteiger partial charge >= 0.3 is 5.63 Å². The van der Waals surface area contributed by atoms with Crippen LogP contribution in [-0.2, 0) is 0 Å². The zero-order valence-electron chi connectivity index (χ0n) is 8.73. The topological polar surface area (TPSA) is 43.1 Å². The van der Waals surface area contributed by atoms with Crippen molar-refractivity contribution in [2.75, 3.05) is 0 Å². The molecule has 78 valence electrons. The maximum atomic E-state index is 11.3. The molecular formula is C13H9NO2. The first-order valence-corrected chi connectivity index (χ1v) is 5.04. The van der Waals surface area contributed by atoms with E-state index in [1.165, 1.54) is 6.07 Å². The van der Waals surface area contributed by atoms with Gasteiger partial charge < -0.3 is 4.42 Å². The summed E-state index contributed by atoms with van der Waals surface area (Å²) in [7, 11) is 0. The predicted molar refractivity (Wildman–Crippen MR) is 62.5 cm³/mol. The summed E-state index contributed by atoms with van der Waals surface area (Å²) in [6, 6.07) is 9.03. The molecule has 0 bridgehead atoms. The Labute approximate surface area is 91.3 Å². The Morgan fingerprint density at radius 3 is 3.00 bits per heavy atom. The molecule has 0 aliphatic rings. The van der Waals surface area contributed by atoms with Gasteiger partial charge in [-0.25, -0.2) is 4.79 Å². The van der Waals surface area contributed by atoms with E-state index in [1.807, 2.05) is 25.1 Å². The first-order valence-electron chi connectivity index (χ1n) is 5.04. The highest BCUT2D eigenvalue weighted by Gasteiger charge is 2.06. The average Bonchev–Trinajstić information content (AvgIpc) is 2.28. The average molecular weight is 211 g/mol. The number of aryl methyl sites for hydroxylation is 1. The molecule has 0 saturated heterocycles. The first-order chi connectivity index (χ1) is 7.75. The molecule has 0 spiro atoms. The second kappa shape index (κ2) is 3.17. The number of pyridine rings is 1. The maximum Gasteiger partial charge on any atom is 0.336 e. The van der Waals surface area contributed by atoms with Crippen molar-refractivity contribution in [1.29, 1.82) is 0 Å². The standard InChI is InChI=1S/C13H9NO2/c1-8-7-12(15)16-11-5-4-10-9(13(8)11)3-2-6-14-10/h2-7H,1H3. The van der Waals surface area contributed by atoms with E-state index >= 15 is 0 Å². The number of hydrogen-bond acceptors (Lipinski definition) is 3. The molecule has 0 amide bonds. The van der Waals surface area contributed by atoms with Gasteiger partial charge in [0, 0.05) is 23.0 Å². The van der Waals surface area contributed by atoms with Gasteiger partial charge in [0.15, 0.2) is 0 Å². The molecule has 3 aromatic rings. The first kappa shape index (κ1) is 9.09. The van der Waals surface area contributed by atoms with Crippen molar-refractivity contribution in [2.24, 2.45) is 0 Å². The summed E-state index contributed by atoms with van der Waals surface area (Å²) < 4.78 is 5.17. The third-order valence-electron chi connectivity index (χ3n) is 2.69. The molecule has 3 nitrogen and oxygen atoms in total. The number of aromatic nitrogens is 1. The quantitative estimate of drug-likeness (QED) is 0.424. The Hall–Kier alpha value is -2.16. The zero-order chi connectivity index (χ0) is 11.1. The Morgan fingerprint density at radius 1 is 1.25 bits per heavy atom. The van der Waals surface area contributed by atoms with Gasteiger partial charge in [-0.2, -0.15) is 0 Å². The molecule has 3 heteroatoms. The Morgan fingerprint density at radius 2 is 2.12 bits per heavy atom. The molecule has 0 atom stereocenters. The van der Waals surface area contributed by atoms with Gasteiger partial charge in [-0.1, -0.05) is 6.07 Å². The number of benzene rings is 1. The molecule has 16 heavy (non-hydrogen) atoms. The van der Waals surface area contributed by atoms with Gasteiger partial charge in [-0.3, -0.25) is 4.98 Å². The lowest BCUT2D eigenvalue weighted by Gasteiger charge is -2.03. The SMILES string of the molecule is Cc1cc(=O)oc2ccc3ncccc3c12. The predicted octanol–water partition coefficient (Wildman–Crippen LogP) is 2.65. The Kier molecular flexibility index (Phi) is 1.80. The van der Waals surface area contributed by atoms with Crippen LogP contribution in [0.2, 0.25) is 0 Å². The molecule has 0 fully saturated rings. The van der Waals surface area contributed by atoms with Crippen molar-refractivity contribution in [1.82, 2.24) is 4.98 Å². The molecule has 2 aromatic heterocycles. The third-order valence-corrected chi connectivity index (χ3v) is 2.69. The van der Waals surface area contributed by atoms with Gasteiger partial charge in [0.05, 0.1) is 5.52 Å². The fourth-order valence-electron chi connectivity index (χ4n) is 2.01.